The number of amides is 1. The molecule has 0 saturated carbocycles. The van der Waals surface area contributed by atoms with Crippen molar-refractivity contribution in [2.24, 2.45) is 11.8 Å². The van der Waals surface area contributed by atoms with Crippen molar-refractivity contribution in [3.63, 3.8) is 0 Å². The molecule has 1 N–H and O–H groups in total. The Kier molecular flexibility index (Phi) is 8.13. The van der Waals surface area contributed by atoms with Gasteiger partial charge in [0, 0.05) is 26.1 Å². The van der Waals surface area contributed by atoms with E-state index in [9.17, 15) is 18.0 Å². The van der Waals surface area contributed by atoms with Gasteiger partial charge in [-0.05, 0) is 63.5 Å². The van der Waals surface area contributed by atoms with E-state index in [1.807, 2.05) is 0 Å². The minimum Gasteiger partial charge on any atom is -0.475 e. The lowest BCUT2D eigenvalue weighted by molar-refractivity contribution is -0.192. The van der Waals surface area contributed by atoms with Gasteiger partial charge in [0.15, 0.2) is 0 Å². The average molecular weight is 390 g/mol. The second kappa shape index (κ2) is 10.1. The lowest BCUT2D eigenvalue weighted by atomic mass is 9.96. The van der Waals surface area contributed by atoms with Crippen LogP contribution in [0.3, 0.4) is 0 Å². The van der Waals surface area contributed by atoms with Gasteiger partial charge in [-0.1, -0.05) is 12.2 Å². The molecule has 1 amide bonds. The number of rotatable bonds is 4. The average Bonchev–Trinajstić information content (AvgIpc) is 3.29. The first-order valence-electron chi connectivity index (χ1n) is 9.72. The molecule has 0 spiro atoms. The molecule has 0 aromatic heterocycles. The molecule has 0 bridgehead atoms. The number of piperidine rings is 1. The second-order valence-electron chi connectivity index (χ2n) is 7.63. The van der Waals surface area contributed by atoms with E-state index in [0.717, 1.165) is 25.9 Å². The van der Waals surface area contributed by atoms with Crippen LogP contribution in [0, 0.1) is 11.8 Å². The Balaban J connectivity index is 0.000000321. The predicted octanol–water partition coefficient (Wildman–Crippen LogP) is 3.31. The smallest absolute Gasteiger partial charge is 0.475 e. The number of halogens is 3. The van der Waals surface area contributed by atoms with Gasteiger partial charge in [0.1, 0.15) is 0 Å². The monoisotopic (exact) mass is 390 g/mol. The normalized spacial score (nSPS) is 26.0. The Morgan fingerprint density at radius 2 is 1.74 bits per heavy atom. The first-order valence-corrected chi connectivity index (χ1v) is 9.72. The number of hydrogen-bond acceptors (Lipinski definition) is 3. The number of aliphatic carboxylic acids is 1. The highest BCUT2D eigenvalue weighted by Crippen LogP contribution is 2.24. The van der Waals surface area contributed by atoms with Crippen LogP contribution in [0.4, 0.5) is 13.2 Å². The molecular weight excluding hydrogens is 361 g/mol. The zero-order valence-electron chi connectivity index (χ0n) is 15.6. The van der Waals surface area contributed by atoms with E-state index in [1.165, 1.54) is 51.7 Å². The van der Waals surface area contributed by atoms with Crippen molar-refractivity contribution in [1.82, 2.24) is 9.80 Å². The lowest BCUT2D eigenvalue weighted by Gasteiger charge is -2.35. The quantitative estimate of drug-likeness (QED) is 0.748. The Bertz CT molecular complexity index is 531. The first-order chi connectivity index (χ1) is 12.8. The van der Waals surface area contributed by atoms with Crippen molar-refractivity contribution in [2.45, 2.75) is 51.1 Å². The third-order valence-corrected chi connectivity index (χ3v) is 5.38. The van der Waals surface area contributed by atoms with Crippen LogP contribution in [0.5, 0.6) is 0 Å². The van der Waals surface area contributed by atoms with Gasteiger partial charge in [0.05, 0.1) is 0 Å². The molecule has 2 aliphatic heterocycles. The van der Waals surface area contributed by atoms with E-state index < -0.39 is 12.1 Å². The van der Waals surface area contributed by atoms with E-state index in [-0.39, 0.29) is 0 Å². The van der Waals surface area contributed by atoms with Crippen LogP contribution in [0.2, 0.25) is 0 Å². The van der Waals surface area contributed by atoms with Crippen molar-refractivity contribution in [1.29, 1.82) is 0 Å². The molecule has 2 heterocycles. The number of allylic oxidation sites excluding steroid dienone is 2. The van der Waals surface area contributed by atoms with Gasteiger partial charge >= 0.3 is 12.1 Å². The van der Waals surface area contributed by atoms with Gasteiger partial charge < -0.3 is 14.9 Å². The number of hydrogen-bond donors (Lipinski definition) is 1. The van der Waals surface area contributed by atoms with E-state index >= 15 is 0 Å². The summed E-state index contributed by atoms with van der Waals surface area (Å²) in [4.78, 5) is 26.1. The summed E-state index contributed by atoms with van der Waals surface area (Å²) in [6.07, 6.45) is 7.70. The van der Waals surface area contributed by atoms with Crippen molar-refractivity contribution in [2.75, 3.05) is 32.7 Å². The molecule has 0 radical (unpaired) electrons. The molecule has 154 valence electrons. The van der Waals surface area contributed by atoms with Crippen LogP contribution >= 0.6 is 0 Å². The Labute approximate surface area is 158 Å². The molecule has 27 heavy (non-hydrogen) atoms. The van der Waals surface area contributed by atoms with Crippen LogP contribution < -0.4 is 0 Å². The van der Waals surface area contributed by atoms with Gasteiger partial charge in [-0.25, -0.2) is 4.79 Å². The largest absolute Gasteiger partial charge is 0.490 e. The summed E-state index contributed by atoms with van der Waals surface area (Å²) in [5.41, 5.74) is 0. The number of likely N-dealkylation sites (tertiary alicyclic amines) is 2. The van der Waals surface area contributed by atoms with Crippen LogP contribution in [0.1, 0.15) is 44.9 Å². The lowest BCUT2D eigenvalue weighted by Crippen LogP contribution is -2.43. The highest BCUT2D eigenvalue weighted by molar-refractivity contribution is 5.76. The summed E-state index contributed by atoms with van der Waals surface area (Å²) in [6.45, 7) is 5.76. The molecule has 5 nitrogen and oxygen atoms in total. The maximum atomic E-state index is 12.4. The van der Waals surface area contributed by atoms with Gasteiger partial charge in [-0.2, -0.15) is 13.2 Å². The van der Waals surface area contributed by atoms with E-state index in [1.54, 1.807) is 0 Å². The number of alkyl halides is 3. The standard InChI is InChI=1S/C17H28N2O.C2HF3O2/c20-17(12-15-6-1-2-7-15)19-11-5-8-16(14-19)13-18-9-3-4-10-18;3-2(4,5)1(6)7/h1,6,15-16H,2-5,7-14H2;(H,6,7). The minimum absolute atomic E-state index is 0.396. The molecule has 2 atom stereocenters. The van der Waals surface area contributed by atoms with Crippen molar-refractivity contribution in [3.05, 3.63) is 12.2 Å². The van der Waals surface area contributed by atoms with Gasteiger partial charge in [-0.15, -0.1) is 0 Å². The summed E-state index contributed by atoms with van der Waals surface area (Å²) in [7, 11) is 0. The molecular formula is C19H29F3N2O3. The van der Waals surface area contributed by atoms with E-state index in [2.05, 4.69) is 22.0 Å². The number of carbonyl (C=O) groups is 2. The highest BCUT2D eigenvalue weighted by atomic mass is 19.4. The summed E-state index contributed by atoms with van der Waals surface area (Å²) < 4.78 is 31.7. The van der Waals surface area contributed by atoms with Gasteiger partial charge in [-0.3, -0.25) is 4.79 Å². The summed E-state index contributed by atoms with van der Waals surface area (Å²) in [6, 6.07) is 0. The van der Waals surface area contributed by atoms with Gasteiger partial charge in [0.2, 0.25) is 5.91 Å². The molecule has 3 aliphatic rings. The van der Waals surface area contributed by atoms with Crippen molar-refractivity contribution >= 4 is 11.9 Å². The molecule has 0 aromatic carbocycles. The number of nitrogens with zero attached hydrogens (tertiary/aromatic N) is 2. The molecule has 8 heteroatoms. The van der Waals surface area contributed by atoms with Crippen LogP contribution in [0.25, 0.3) is 0 Å². The van der Waals surface area contributed by atoms with Crippen LogP contribution in [0.15, 0.2) is 12.2 Å². The minimum atomic E-state index is -5.08. The third-order valence-electron chi connectivity index (χ3n) is 5.38. The van der Waals surface area contributed by atoms with E-state index in [0.29, 0.717) is 17.7 Å². The fraction of sp³-hybridized carbons (Fsp3) is 0.789. The molecule has 2 fully saturated rings. The van der Waals surface area contributed by atoms with E-state index in [4.69, 9.17) is 9.90 Å². The topological polar surface area (TPSA) is 60.9 Å². The zero-order valence-corrected chi connectivity index (χ0v) is 15.6. The summed E-state index contributed by atoms with van der Waals surface area (Å²) in [5.74, 6) is -1.13. The summed E-state index contributed by atoms with van der Waals surface area (Å²) >= 11 is 0. The fourth-order valence-electron chi connectivity index (χ4n) is 3.99. The van der Waals surface area contributed by atoms with Crippen molar-refractivity contribution < 1.29 is 27.9 Å². The fourth-order valence-corrected chi connectivity index (χ4v) is 3.99. The molecule has 1 aliphatic carbocycles. The maximum absolute atomic E-state index is 12.4. The second-order valence-corrected chi connectivity index (χ2v) is 7.63. The third kappa shape index (κ3) is 7.52. The maximum Gasteiger partial charge on any atom is 0.490 e. The Hall–Kier alpha value is -1.57. The first kappa shape index (κ1) is 21.7. The number of carbonyl (C=O) groups excluding carboxylic acids is 1. The molecule has 3 rings (SSSR count). The molecule has 2 saturated heterocycles. The molecule has 0 aromatic rings. The number of carboxylic acid groups (broad SMARTS) is 1. The SMILES string of the molecule is O=C(CC1C=CCC1)N1CCCC(CN2CCCC2)C1.O=C(O)C(F)(F)F. The number of carboxylic acids is 1. The highest BCUT2D eigenvalue weighted by Gasteiger charge is 2.38. The zero-order chi connectivity index (χ0) is 19.9. The predicted molar refractivity (Wildman–Crippen MR) is 95.1 cm³/mol. The Morgan fingerprint density at radius 1 is 1.07 bits per heavy atom. The molecule has 2 unspecified atom stereocenters. The van der Waals surface area contributed by atoms with Crippen LogP contribution in [-0.2, 0) is 9.59 Å². The van der Waals surface area contributed by atoms with Crippen LogP contribution in [-0.4, -0.2) is 65.7 Å². The van der Waals surface area contributed by atoms with Gasteiger partial charge in [0.25, 0.3) is 0 Å². The van der Waals surface area contributed by atoms with Crippen molar-refractivity contribution in [3.8, 4) is 0 Å². The Morgan fingerprint density at radius 3 is 2.30 bits per heavy atom. The summed E-state index contributed by atoms with van der Waals surface area (Å²) in [5, 5.41) is 7.12.